The predicted molar refractivity (Wildman–Crippen MR) is 199 cm³/mol. The van der Waals surface area contributed by atoms with Gasteiger partial charge in [0, 0.05) is 81.0 Å². The van der Waals surface area contributed by atoms with E-state index in [2.05, 4.69) is 56.6 Å². The molecule has 8 bridgehead atoms. The van der Waals surface area contributed by atoms with Crippen molar-refractivity contribution in [3.8, 4) is 18.2 Å². The monoisotopic (exact) mass is 692 g/mol. The summed E-state index contributed by atoms with van der Waals surface area (Å²) in [6, 6.07) is 11.0. The SMILES string of the molecule is C=CC#N.CC1CC2CCC(C1)N2.CC1CC2CCC(C1)N2CCC#N.CC1CC2CCC(C1)N2O.CC1CC2CCC(C1)[N+]2([O-])CCC#N. The van der Waals surface area contributed by atoms with Crippen LogP contribution in [0.5, 0.6) is 0 Å². The first-order valence-corrected chi connectivity index (χ1v) is 20.3. The molecule has 8 unspecified atom stereocenters. The molecule has 8 aliphatic rings. The number of fused-ring (bicyclic) bond motifs is 8. The van der Waals surface area contributed by atoms with Crippen LogP contribution >= 0.6 is 0 Å². The Morgan fingerprint density at radius 1 is 0.680 bits per heavy atom. The molecule has 280 valence electrons. The third kappa shape index (κ3) is 11.0. The number of nitriles is 3. The zero-order valence-corrected chi connectivity index (χ0v) is 31.9. The van der Waals surface area contributed by atoms with Gasteiger partial charge in [0.1, 0.15) is 0 Å². The van der Waals surface area contributed by atoms with Crippen LogP contribution in [0.25, 0.3) is 0 Å². The summed E-state index contributed by atoms with van der Waals surface area (Å²) in [6.45, 7) is 13.9. The van der Waals surface area contributed by atoms with Gasteiger partial charge in [0.2, 0.25) is 0 Å². The second kappa shape index (κ2) is 19.7. The van der Waals surface area contributed by atoms with E-state index < -0.39 is 0 Å². The molecule has 8 fully saturated rings. The normalized spacial score (nSPS) is 41.9. The molecule has 2 N–H and O–H groups in total. The van der Waals surface area contributed by atoms with Crippen LogP contribution in [0.1, 0.15) is 143 Å². The fourth-order valence-electron chi connectivity index (χ4n) is 11.2. The van der Waals surface area contributed by atoms with Crippen LogP contribution in [-0.2, 0) is 0 Å². The predicted octanol–water partition coefficient (Wildman–Crippen LogP) is 8.21. The Balaban J connectivity index is 0.000000146. The number of piperidine rings is 4. The average molecular weight is 692 g/mol. The summed E-state index contributed by atoms with van der Waals surface area (Å²) in [5.41, 5.74) is 0. The maximum absolute atomic E-state index is 12.5. The molecule has 0 aromatic heterocycles. The van der Waals surface area contributed by atoms with E-state index in [0.29, 0.717) is 43.6 Å². The number of nitrogens with one attached hydrogen (secondary N) is 1. The van der Waals surface area contributed by atoms with E-state index in [9.17, 15) is 10.4 Å². The van der Waals surface area contributed by atoms with E-state index in [1.165, 1.54) is 83.1 Å². The Labute approximate surface area is 304 Å². The van der Waals surface area contributed by atoms with Crippen LogP contribution in [0.3, 0.4) is 0 Å². The first kappa shape index (κ1) is 40.7. The first-order chi connectivity index (χ1) is 24.0. The highest BCUT2D eigenvalue weighted by molar-refractivity contribution is 4.95. The molecular formula is C41H69N7O2. The summed E-state index contributed by atoms with van der Waals surface area (Å²) in [6.07, 6.45) is 22.7. The molecular weight excluding hydrogens is 622 g/mol. The molecule has 0 aliphatic carbocycles. The molecule has 8 rings (SSSR count). The molecule has 8 heterocycles. The van der Waals surface area contributed by atoms with E-state index in [4.69, 9.17) is 15.8 Å². The standard InChI is InChI=1S/C11H18N2O.C11H18N2.C8H15NO.C8H15N.C3H3N/c1-9-7-10-3-4-11(8-9)13(10,14)6-2-5-12;1-9-7-10-3-4-11(8-9)13(10)6-2-5-12;1-6-4-7-2-3-8(5-6)9(7)10;1-6-4-7-2-3-8(5-6)9-7;1-2-3-4/h9-11H,2-4,6-8H2,1H3;9-11H,2-4,6-8H2,1H3;6-8,10H,2-5H2,1H3;6-9H,2-5H2,1H3;2H,1H2. The molecule has 0 saturated carbocycles. The summed E-state index contributed by atoms with van der Waals surface area (Å²) in [5, 5.41) is 51.8. The smallest absolute Gasteiger partial charge is 0.0920 e. The van der Waals surface area contributed by atoms with Crippen LogP contribution in [0, 0.1) is 62.9 Å². The Kier molecular flexibility index (Phi) is 16.1. The molecule has 8 aliphatic heterocycles. The van der Waals surface area contributed by atoms with Gasteiger partial charge < -0.3 is 20.4 Å². The number of allylic oxidation sites excluding steroid dienone is 1. The fraction of sp³-hybridized carbons (Fsp3) is 0.878. The maximum atomic E-state index is 12.5. The Morgan fingerprint density at radius 2 is 1.10 bits per heavy atom. The van der Waals surface area contributed by atoms with E-state index in [1.54, 1.807) is 11.1 Å². The van der Waals surface area contributed by atoms with Gasteiger partial charge in [0.05, 0.1) is 43.3 Å². The topological polar surface area (TPSA) is 133 Å². The van der Waals surface area contributed by atoms with Gasteiger partial charge in [-0.05, 0) is 101 Å². The van der Waals surface area contributed by atoms with Gasteiger partial charge in [0.15, 0.2) is 0 Å². The van der Waals surface area contributed by atoms with Gasteiger partial charge in [0.25, 0.3) is 0 Å². The molecule has 9 nitrogen and oxygen atoms in total. The molecule has 50 heavy (non-hydrogen) atoms. The lowest BCUT2D eigenvalue weighted by atomic mass is 9.92. The lowest BCUT2D eigenvalue weighted by molar-refractivity contribution is -0.921. The van der Waals surface area contributed by atoms with Crippen molar-refractivity contribution in [2.24, 2.45) is 23.7 Å². The zero-order valence-electron chi connectivity index (χ0n) is 31.9. The lowest BCUT2D eigenvalue weighted by Crippen LogP contribution is -2.56. The highest BCUT2D eigenvalue weighted by Gasteiger charge is 2.47. The largest absolute Gasteiger partial charge is 0.632 e. The number of quaternary nitrogens is 1. The lowest BCUT2D eigenvalue weighted by Gasteiger charge is -2.52. The van der Waals surface area contributed by atoms with Gasteiger partial charge in [-0.15, -0.1) is 0 Å². The summed E-state index contributed by atoms with van der Waals surface area (Å²) in [5.74, 6) is 3.45. The summed E-state index contributed by atoms with van der Waals surface area (Å²) in [7, 11) is 0. The van der Waals surface area contributed by atoms with Gasteiger partial charge in [-0.25, -0.2) is 0 Å². The molecule has 0 aromatic carbocycles. The summed E-state index contributed by atoms with van der Waals surface area (Å²) >= 11 is 0. The van der Waals surface area contributed by atoms with Crippen molar-refractivity contribution in [1.82, 2.24) is 15.3 Å². The van der Waals surface area contributed by atoms with E-state index in [-0.39, 0.29) is 4.65 Å². The molecule has 8 saturated heterocycles. The highest BCUT2D eigenvalue weighted by Crippen LogP contribution is 2.44. The molecule has 0 amide bonds. The van der Waals surface area contributed by atoms with Crippen LogP contribution in [0.15, 0.2) is 12.7 Å². The van der Waals surface area contributed by atoms with E-state index >= 15 is 0 Å². The zero-order chi connectivity index (χ0) is 36.3. The van der Waals surface area contributed by atoms with Gasteiger partial charge in [-0.3, -0.25) is 4.90 Å². The molecule has 9 heteroatoms. The Bertz CT molecular complexity index is 1120. The van der Waals surface area contributed by atoms with Crippen LogP contribution in [0.2, 0.25) is 0 Å². The van der Waals surface area contributed by atoms with Crippen molar-refractivity contribution in [1.29, 1.82) is 15.8 Å². The highest BCUT2D eigenvalue weighted by atomic mass is 16.6. The minimum absolute atomic E-state index is 0.0437. The van der Waals surface area contributed by atoms with Gasteiger partial charge in [-0.2, -0.15) is 20.8 Å². The molecule has 0 aromatic rings. The Hall–Kier alpha value is -2.03. The van der Waals surface area contributed by atoms with Crippen molar-refractivity contribution >= 4 is 0 Å². The van der Waals surface area contributed by atoms with E-state index in [0.717, 1.165) is 80.1 Å². The number of rotatable bonds is 4. The maximum Gasteiger partial charge on any atom is 0.0920 e. The van der Waals surface area contributed by atoms with Crippen molar-refractivity contribution in [3.05, 3.63) is 17.9 Å². The van der Waals surface area contributed by atoms with Gasteiger partial charge in [-0.1, -0.05) is 34.3 Å². The minimum atomic E-state index is -0.0437. The number of hydrogen-bond donors (Lipinski definition) is 2. The molecule has 8 atom stereocenters. The van der Waals surface area contributed by atoms with Crippen LogP contribution in [0.4, 0.5) is 0 Å². The van der Waals surface area contributed by atoms with E-state index in [1.807, 2.05) is 0 Å². The van der Waals surface area contributed by atoms with Crippen LogP contribution < -0.4 is 5.32 Å². The average Bonchev–Trinajstić information content (AvgIpc) is 3.66. The first-order valence-electron chi connectivity index (χ1n) is 20.3. The second-order valence-electron chi connectivity index (χ2n) is 17.4. The third-order valence-electron chi connectivity index (χ3n) is 13.3. The third-order valence-corrected chi connectivity index (χ3v) is 13.3. The van der Waals surface area contributed by atoms with Crippen LogP contribution in [-0.4, -0.2) is 81.2 Å². The second-order valence-corrected chi connectivity index (χ2v) is 17.4. The summed E-state index contributed by atoms with van der Waals surface area (Å²) in [4.78, 5) is 2.59. The van der Waals surface area contributed by atoms with Crippen molar-refractivity contribution < 1.29 is 9.85 Å². The number of hydroxylamine groups is 5. The Morgan fingerprint density at radius 3 is 1.56 bits per heavy atom. The molecule has 0 radical (unpaired) electrons. The molecule has 0 spiro atoms. The minimum Gasteiger partial charge on any atom is -0.632 e. The number of hydrogen-bond acceptors (Lipinski definition) is 8. The van der Waals surface area contributed by atoms with Crippen molar-refractivity contribution in [3.63, 3.8) is 0 Å². The van der Waals surface area contributed by atoms with Crippen molar-refractivity contribution in [2.45, 2.75) is 192 Å². The van der Waals surface area contributed by atoms with Crippen molar-refractivity contribution in [2.75, 3.05) is 13.1 Å². The summed E-state index contributed by atoms with van der Waals surface area (Å²) < 4.78 is -0.0437. The fourth-order valence-corrected chi connectivity index (χ4v) is 11.2. The quantitative estimate of drug-likeness (QED) is 0.171. The number of nitrogens with zero attached hydrogens (tertiary/aromatic N) is 6. The van der Waals surface area contributed by atoms with Gasteiger partial charge >= 0.3 is 0 Å².